The van der Waals surface area contributed by atoms with Gasteiger partial charge in [-0.05, 0) is 41.5 Å². The molecule has 168 valence electrons. The zero-order chi connectivity index (χ0) is 22.8. The highest BCUT2D eigenvalue weighted by atomic mass is 32.1. The molecule has 2 aliphatic rings. The summed E-state index contributed by atoms with van der Waals surface area (Å²) in [5.41, 5.74) is 2.16. The lowest BCUT2D eigenvalue weighted by molar-refractivity contribution is -0.140. The third-order valence-electron chi connectivity index (χ3n) is 5.71. The quantitative estimate of drug-likeness (QED) is 0.619. The number of carbonyl (C=O) groups is 2. The molecule has 4 rings (SSSR count). The molecular weight excluding hydrogens is 429 g/mol. The van der Waals surface area contributed by atoms with Gasteiger partial charge >= 0.3 is 5.97 Å². The number of hydrogen-bond acceptors (Lipinski definition) is 6. The van der Waals surface area contributed by atoms with Crippen LogP contribution in [0.25, 0.3) is 0 Å². The van der Waals surface area contributed by atoms with Crippen LogP contribution in [0.15, 0.2) is 64.5 Å². The van der Waals surface area contributed by atoms with Crippen molar-refractivity contribution in [1.82, 2.24) is 5.32 Å². The second kappa shape index (κ2) is 9.28. The average Bonchev–Trinajstić information content (AvgIpc) is 3.31. The van der Waals surface area contributed by atoms with Crippen LogP contribution in [-0.4, -0.2) is 25.5 Å². The maximum absolute atomic E-state index is 13.7. The van der Waals surface area contributed by atoms with Gasteiger partial charge in [0.25, 0.3) is 0 Å². The maximum Gasteiger partial charge on any atom is 0.340 e. The minimum atomic E-state index is -0.682. The molecule has 0 saturated heterocycles. The Hall–Kier alpha value is -2.93. The zero-order valence-electron chi connectivity index (χ0n) is 18.3. The molecule has 1 N–H and O–H groups in total. The van der Waals surface area contributed by atoms with Gasteiger partial charge in [-0.1, -0.05) is 32.0 Å². The van der Waals surface area contributed by atoms with Crippen molar-refractivity contribution in [1.29, 1.82) is 0 Å². The first-order chi connectivity index (χ1) is 15.4. The van der Waals surface area contributed by atoms with E-state index in [0.29, 0.717) is 24.0 Å². The Morgan fingerprint density at radius 1 is 1.22 bits per heavy atom. The molecule has 0 bridgehead atoms. The van der Waals surface area contributed by atoms with Crippen LogP contribution in [0.4, 0.5) is 4.39 Å². The lowest BCUT2D eigenvalue weighted by Crippen LogP contribution is -2.37. The fourth-order valence-corrected chi connectivity index (χ4v) is 5.10. The Morgan fingerprint density at radius 3 is 2.59 bits per heavy atom. The van der Waals surface area contributed by atoms with Crippen LogP contribution >= 0.6 is 11.3 Å². The number of nitrogens with one attached hydrogen (secondary N) is 1. The summed E-state index contributed by atoms with van der Waals surface area (Å²) in [5, 5.41) is 5.21. The molecule has 0 saturated carbocycles. The predicted molar refractivity (Wildman–Crippen MR) is 120 cm³/mol. The number of ether oxygens (including phenoxy) is 2. The van der Waals surface area contributed by atoms with Crippen LogP contribution in [0.1, 0.15) is 49.0 Å². The van der Waals surface area contributed by atoms with Crippen molar-refractivity contribution in [3.63, 3.8) is 0 Å². The van der Waals surface area contributed by atoms with Gasteiger partial charge in [-0.2, -0.15) is 0 Å². The third kappa shape index (κ3) is 4.35. The van der Waals surface area contributed by atoms with E-state index in [-0.39, 0.29) is 41.5 Å². The van der Waals surface area contributed by atoms with E-state index in [1.165, 1.54) is 19.2 Å². The van der Waals surface area contributed by atoms with Gasteiger partial charge in [0.2, 0.25) is 5.88 Å². The van der Waals surface area contributed by atoms with E-state index in [0.717, 1.165) is 10.6 Å². The lowest BCUT2D eigenvalue weighted by atomic mass is 9.73. The number of halogens is 1. The van der Waals surface area contributed by atoms with Gasteiger partial charge in [0.1, 0.15) is 11.4 Å². The highest BCUT2D eigenvalue weighted by Crippen LogP contribution is 2.46. The van der Waals surface area contributed by atoms with E-state index >= 15 is 0 Å². The van der Waals surface area contributed by atoms with Gasteiger partial charge in [-0.25, -0.2) is 9.18 Å². The number of Topliss-reactive ketones (excluding diaryl/α,β-unsaturated/α-hetero) is 1. The van der Waals surface area contributed by atoms with Crippen LogP contribution in [0, 0.1) is 11.7 Å². The Labute approximate surface area is 190 Å². The molecule has 32 heavy (non-hydrogen) atoms. The molecular formula is C25H26FNO4S. The summed E-state index contributed by atoms with van der Waals surface area (Å²) in [4.78, 5) is 27.7. The Bertz CT molecular complexity index is 1070. The number of ketones is 1. The van der Waals surface area contributed by atoms with E-state index < -0.39 is 11.9 Å². The summed E-state index contributed by atoms with van der Waals surface area (Å²) in [6.07, 6.45) is 0.982. The summed E-state index contributed by atoms with van der Waals surface area (Å²) in [6.45, 7) is 4.15. The third-order valence-corrected chi connectivity index (χ3v) is 6.75. The Kier molecular flexibility index (Phi) is 6.46. The number of methoxy groups -OCH3 is 1. The van der Waals surface area contributed by atoms with Gasteiger partial charge in [0.15, 0.2) is 5.78 Å². The van der Waals surface area contributed by atoms with E-state index in [2.05, 4.69) is 5.32 Å². The molecule has 5 nitrogen and oxygen atoms in total. The second-order valence-electron chi connectivity index (χ2n) is 8.48. The van der Waals surface area contributed by atoms with Gasteiger partial charge in [0.05, 0.1) is 19.6 Å². The number of hydrogen-bond donors (Lipinski definition) is 1. The minimum absolute atomic E-state index is 0.0317. The zero-order valence-corrected chi connectivity index (χ0v) is 19.1. The van der Waals surface area contributed by atoms with Crippen LogP contribution in [0.3, 0.4) is 0 Å². The van der Waals surface area contributed by atoms with Gasteiger partial charge in [0, 0.05) is 28.5 Å². The maximum atomic E-state index is 13.7. The van der Waals surface area contributed by atoms with Crippen LogP contribution in [0.5, 0.6) is 0 Å². The molecule has 1 aromatic carbocycles. The predicted octanol–water partition coefficient (Wildman–Crippen LogP) is 5.03. The van der Waals surface area contributed by atoms with Crippen LogP contribution < -0.4 is 5.32 Å². The van der Waals surface area contributed by atoms with Crippen molar-refractivity contribution in [2.45, 2.75) is 38.5 Å². The van der Waals surface area contributed by atoms with Crippen molar-refractivity contribution in [2.75, 3.05) is 13.7 Å². The van der Waals surface area contributed by atoms with Crippen LogP contribution in [0.2, 0.25) is 0 Å². The monoisotopic (exact) mass is 455 g/mol. The first-order valence-electron chi connectivity index (χ1n) is 10.7. The molecule has 2 aromatic rings. The standard InChI is InChI=1S/C25H26FNO4S/c1-14(2)13-31-25(29)23-21(15-6-8-17(26)9-7-15)22-18(27-24(23)30-3)11-16(12-19(22)28)20-5-4-10-32-20/h4-10,14,16,21,27H,11-13H2,1-3H3. The van der Waals surface area contributed by atoms with Gasteiger partial charge in [-0.3, -0.25) is 4.79 Å². The topological polar surface area (TPSA) is 64.6 Å². The number of allylic oxidation sites excluding steroid dienone is 2. The fourth-order valence-electron chi connectivity index (χ4n) is 4.27. The second-order valence-corrected chi connectivity index (χ2v) is 9.46. The molecule has 2 heterocycles. The summed E-state index contributed by atoms with van der Waals surface area (Å²) in [5.74, 6) is -1.15. The van der Waals surface area contributed by atoms with E-state index in [1.807, 2.05) is 31.4 Å². The number of benzene rings is 1. The smallest absolute Gasteiger partial charge is 0.340 e. The van der Waals surface area contributed by atoms with E-state index in [4.69, 9.17) is 9.47 Å². The number of rotatable bonds is 6. The molecule has 0 radical (unpaired) electrons. The largest absolute Gasteiger partial charge is 0.482 e. The Balaban J connectivity index is 1.79. The molecule has 0 spiro atoms. The summed E-state index contributed by atoms with van der Waals surface area (Å²) in [7, 11) is 1.48. The van der Waals surface area contributed by atoms with E-state index in [9.17, 15) is 14.0 Å². The summed E-state index contributed by atoms with van der Waals surface area (Å²) < 4.78 is 24.8. The van der Waals surface area contributed by atoms with Crippen molar-refractivity contribution in [2.24, 2.45) is 5.92 Å². The summed E-state index contributed by atoms with van der Waals surface area (Å²) >= 11 is 1.63. The first-order valence-corrected chi connectivity index (χ1v) is 11.5. The molecule has 0 amide bonds. The van der Waals surface area contributed by atoms with E-state index in [1.54, 1.807) is 23.5 Å². The number of thiophene rings is 1. The van der Waals surface area contributed by atoms with Crippen molar-refractivity contribution in [3.05, 3.63) is 80.8 Å². The SMILES string of the molecule is COC1=C(C(=O)OCC(C)C)C(c2ccc(F)cc2)C2=C(CC(c3cccs3)CC2=O)N1. The number of esters is 1. The molecule has 1 aromatic heterocycles. The van der Waals surface area contributed by atoms with Gasteiger partial charge < -0.3 is 14.8 Å². The lowest BCUT2D eigenvalue weighted by Gasteiger charge is -2.36. The number of carbonyl (C=O) groups excluding carboxylic acids is 2. The van der Waals surface area contributed by atoms with Crippen molar-refractivity contribution in [3.8, 4) is 0 Å². The molecule has 2 unspecified atom stereocenters. The molecule has 1 aliphatic heterocycles. The highest BCUT2D eigenvalue weighted by molar-refractivity contribution is 7.10. The minimum Gasteiger partial charge on any atom is -0.482 e. The Morgan fingerprint density at radius 2 is 1.97 bits per heavy atom. The highest BCUT2D eigenvalue weighted by Gasteiger charge is 2.43. The summed E-state index contributed by atoms with van der Waals surface area (Å²) in [6, 6.07) is 9.91. The average molecular weight is 456 g/mol. The fraction of sp³-hybridized carbons (Fsp3) is 0.360. The van der Waals surface area contributed by atoms with Gasteiger partial charge in [-0.15, -0.1) is 11.3 Å². The molecule has 1 aliphatic carbocycles. The normalized spacial score (nSPS) is 20.8. The van der Waals surface area contributed by atoms with Crippen LogP contribution in [-0.2, 0) is 19.1 Å². The molecule has 2 atom stereocenters. The van der Waals surface area contributed by atoms with Crippen molar-refractivity contribution >= 4 is 23.1 Å². The number of dihydropyridines is 1. The first kappa shape index (κ1) is 22.3. The van der Waals surface area contributed by atoms with Crippen molar-refractivity contribution < 1.29 is 23.5 Å². The molecule has 7 heteroatoms. The molecule has 0 fully saturated rings.